The van der Waals surface area contributed by atoms with Crippen molar-refractivity contribution in [3.8, 4) is 0 Å². The van der Waals surface area contributed by atoms with Gasteiger partial charge in [0, 0.05) is 12.6 Å². The second kappa shape index (κ2) is 6.36. The predicted octanol–water partition coefficient (Wildman–Crippen LogP) is 1.40. The molecule has 1 fully saturated rings. The van der Waals surface area contributed by atoms with E-state index < -0.39 is 5.54 Å². The smallest absolute Gasteiger partial charge is 0.326 e. The van der Waals surface area contributed by atoms with E-state index in [4.69, 9.17) is 4.74 Å². The van der Waals surface area contributed by atoms with Crippen LogP contribution in [0.25, 0.3) is 0 Å². The summed E-state index contributed by atoms with van der Waals surface area (Å²) in [6.07, 6.45) is 3.16. The van der Waals surface area contributed by atoms with Crippen molar-refractivity contribution in [1.82, 2.24) is 10.2 Å². The Hall–Kier alpha value is -0.610. The van der Waals surface area contributed by atoms with Crippen LogP contribution in [0, 0.1) is 0 Å². The maximum atomic E-state index is 12.0. The lowest BCUT2D eigenvalue weighted by molar-refractivity contribution is -0.151. The number of ether oxygens (including phenoxy) is 1. The van der Waals surface area contributed by atoms with Crippen molar-refractivity contribution in [2.24, 2.45) is 0 Å². The van der Waals surface area contributed by atoms with Crippen molar-refractivity contribution in [2.45, 2.75) is 51.6 Å². The molecule has 100 valence electrons. The van der Waals surface area contributed by atoms with E-state index in [9.17, 15) is 4.79 Å². The lowest BCUT2D eigenvalue weighted by atomic mass is 9.97. The molecule has 0 radical (unpaired) electrons. The number of esters is 1. The molecule has 1 rings (SSSR count). The highest BCUT2D eigenvalue weighted by Crippen LogP contribution is 2.25. The van der Waals surface area contributed by atoms with Gasteiger partial charge in [-0.25, -0.2) is 0 Å². The Labute approximate surface area is 105 Å². The van der Waals surface area contributed by atoms with Gasteiger partial charge >= 0.3 is 5.97 Å². The number of carbonyl (C=O) groups excluding carboxylic acids is 1. The lowest BCUT2D eigenvalue weighted by Crippen LogP contribution is -2.53. The van der Waals surface area contributed by atoms with Crippen molar-refractivity contribution in [3.63, 3.8) is 0 Å². The largest absolute Gasteiger partial charge is 0.465 e. The summed E-state index contributed by atoms with van der Waals surface area (Å²) in [5.41, 5.74) is -0.527. The Kier molecular flexibility index (Phi) is 5.40. The molecule has 0 aromatic rings. The van der Waals surface area contributed by atoms with Crippen molar-refractivity contribution in [3.05, 3.63) is 0 Å². The summed E-state index contributed by atoms with van der Waals surface area (Å²) in [5.74, 6) is -0.114. The molecule has 4 heteroatoms. The normalized spacial score (nSPS) is 19.1. The number of hydrogen-bond donors (Lipinski definition) is 1. The van der Waals surface area contributed by atoms with Gasteiger partial charge in [-0.1, -0.05) is 6.92 Å². The molecule has 0 saturated heterocycles. The summed E-state index contributed by atoms with van der Waals surface area (Å²) in [6.45, 7) is 8.30. The van der Waals surface area contributed by atoms with Gasteiger partial charge in [0.25, 0.3) is 0 Å². The number of rotatable bonds is 8. The Morgan fingerprint density at radius 2 is 2.12 bits per heavy atom. The predicted molar refractivity (Wildman–Crippen MR) is 69.0 cm³/mol. The molecule has 0 aromatic carbocycles. The highest BCUT2D eigenvalue weighted by molar-refractivity contribution is 5.80. The van der Waals surface area contributed by atoms with E-state index in [2.05, 4.69) is 24.2 Å². The fourth-order valence-corrected chi connectivity index (χ4v) is 1.77. The standard InChI is InChI=1S/C13H26N2O2/c1-5-15(4)10-9-13(3,12(16)17-6-2)14-11-7-8-11/h11,14H,5-10H2,1-4H3. The molecule has 0 amide bonds. The molecule has 1 aliphatic carbocycles. The maximum absolute atomic E-state index is 12.0. The molecule has 4 nitrogen and oxygen atoms in total. The molecule has 0 spiro atoms. The average Bonchev–Trinajstić information content (AvgIpc) is 3.10. The first-order valence-corrected chi connectivity index (χ1v) is 6.65. The SMILES string of the molecule is CCOC(=O)C(C)(CCN(C)CC)NC1CC1. The molecular formula is C13H26N2O2. The zero-order valence-corrected chi connectivity index (χ0v) is 11.6. The van der Waals surface area contributed by atoms with Crippen LogP contribution < -0.4 is 5.32 Å². The van der Waals surface area contributed by atoms with Crippen LogP contribution in [0.1, 0.15) is 40.0 Å². The third-order valence-corrected chi connectivity index (χ3v) is 3.36. The minimum absolute atomic E-state index is 0.114. The van der Waals surface area contributed by atoms with E-state index in [1.807, 2.05) is 13.8 Å². The van der Waals surface area contributed by atoms with Crippen molar-refractivity contribution in [1.29, 1.82) is 0 Å². The first kappa shape index (κ1) is 14.5. The zero-order chi connectivity index (χ0) is 12.9. The molecule has 17 heavy (non-hydrogen) atoms. The molecule has 1 saturated carbocycles. The van der Waals surface area contributed by atoms with Crippen LogP contribution in [0.15, 0.2) is 0 Å². The van der Waals surface area contributed by atoms with E-state index in [0.717, 1.165) is 19.5 Å². The van der Waals surface area contributed by atoms with Gasteiger partial charge in [0.1, 0.15) is 5.54 Å². The summed E-state index contributed by atoms with van der Waals surface area (Å²) in [4.78, 5) is 14.2. The van der Waals surface area contributed by atoms with E-state index in [-0.39, 0.29) is 5.97 Å². The van der Waals surface area contributed by atoms with Crippen molar-refractivity contribution >= 4 is 5.97 Å². The Balaban J connectivity index is 2.53. The molecule has 1 N–H and O–H groups in total. The van der Waals surface area contributed by atoms with Crippen LogP contribution in [0.2, 0.25) is 0 Å². The van der Waals surface area contributed by atoms with Gasteiger partial charge in [-0.2, -0.15) is 0 Å². The highest BCUT2D eigenvalue weighted by Gasteiger charge is 2.39. The molecule has 0 aromatic heterocycles. The van der Waals surface area contributed by atoms with E-state index in [1.165, 1.54) is 12.8 Å². The fourth-order valence-electron chi connectivity index (χ4n) is 1.77. The minimum atomic E-state index is -0.527. The molecule has 1 atom stereocenters. The third kappa shape index (κ3) is 4.64. The maximum Gasteiger partial charge on any atom is 0.326 e. The highest BCUT2D eigenvalue weighted by atomic mass is 16.5. The van der Waals surface area contributed by atoms with Crippen LogP contribution in [0.4, 0.5) is 0 Å². The summed E-state index contributed by atoms with van der Waals surface area (Å²) >= 11 is 0. The Morgan fingerprint density at radius 1 is 1.47 bits per heavy atom. The van der Waals surface area contributed by atoms with Gasteiger partial charge in [0.2, 0.25) is 0 Å². The van der Waals surface area contributed by atoms with Gasteiger partial charge in [0.15, 0.2) is 0 Å². The summed E-state index contributed by atoms with van der Waals surface area (Å²) < 4.78 is 5.18. The minimum Gasteiger partial charge on any atom is -0.465 e. The van der Waals surface area contributed by atoms with Crippen LogP contribution >= 0.6 is 0 Å². The second-order valence-corrected chi connectivity index (χ2v) is 5.12. The molecule has 1 unspecified atom stereocenters. The first-order valence-electron chi connectivity index (χ1n) is 6.65. The Morgan fingerprint density at radius 3 is 2.59 bits per heavy atom. The number of carbonyl (C=O) groups is 1. The number of hydrogen-bond acceptors (Lipinski definition) is 4. The van der Waals surface area contributed by atoms with Crippen LogP contribution in [-0.4, -0.2) is 49.2 Å². The molecule has 1 aliphatic rings. The molecule has 0 bridgehead atoms. The topological polar surface area (TPSA) is 41.6 Å². The fraction of sp³-hybridized carbons (Fsp3) is 0.923. The second-order valence-electron chi connectivity index (χ2n) is 5.12. The van der Waals surface area contributed by atoms with Crippen molar-refractivity contribution < 1.29 is 9.53 Å². The first-order chi connectivity index (χ1) is 8.01. The summed E-state index contributed by atoms with van der Waals surface area (Å²) in [6, 6.07) is 0.510. The molecule has 0 heterocycles. The van der Waals surface area contributed by atoms with Crippen LogP contribution in [-0.2, 0) is 9.53 Å². The third-order valence-electron chi connectivity index (χ3n) is 3.36. The van der Waals surface area contributed by atoms with Gasteiger partial charge in [0.05, 0.1) is 6.61 Å². The average molecular weight is 242 g/mol. The molecule has 0 aliphatic heterocycles. The van der Waals surface area contributed by atoms with Crippen LogP contribution in [0.5, 0.6) is 0 Å². The summed E-state index contributed by atoms with van der Waals surface area (Å²) in [7, 11) is 2.07. The van der Waals surface area contributed by atoms with Gasteiger partial charge < -0.3 is 9.64 Å². The van der Waals surface area contributed by atoms with E-state index in [0.29, 0.717) is 12.6 Å². The van der Waals surface area contributed by atoms with Crippen molar-refractivity contribution in [2.75, 3.05) is 26.7 Å². The van der Waals surface area contributed by atoms with E-state index >= 15 is 0 Å². The zero-order valence-electron chi connectivity index (χ0n) is 11.6. The Bertz CT molecular complexity index is 254. The molecular weight excluding hydrogens is 216 g/mol. The van der Waals surface area contributed by atoms with Crippen LogP contribution in [0.3, 0.4) is 0 Å². The van der Waals surface area contributed by atoms with Gasteiger partial charge in [-0.05, 0) is 46.7 Å². The number of nitrogens with one attached hydrogen (secondary N) is 1. The number of nitrogens with zero attached hydrogens (tertiary/aromatic N) is 1. The lowest BCUT2D eigenvalue weighted by Gasteiger charge is -2.30. The quantitative estimate of drug-likeness (QED) is 0.653. The van der Waals surface area contributed by atoms with Gasteiger partial charge in [-0.3, -0.25) is 10.1 Å². The van der Waals surface area contributed by atoms with Gasteiger partial charge in [-0.15, -0.1) is 0 Å². The van der Waals surface area contributed by atoms with E-state index in [1.54, 1.807) is 0 Å². The monoisotopic (exact) mass is 242 g/mol. The summed E-state index contributed by atoms with van der Waals surface area (Å²) in [5, 5.41) is 3.43.